The topological polar surface area (TPSA) is 41.6 Å². The molecule has 0 saturated carbocycles. The molecule has 0 radical (unpaired) electrons. The van der Waals surface area contributed by atoms with Gasteiger partial charge in [0.15, 0.2) is 5.65 Å². The van der Waals surface area contributed by atoms with Gasteiger partial charge in [-0.25, -0.2) is 0 Å². The highest BCUT2D eigenvalue weighted by atomic mass is 15.1. The van der Waals surface area contributed by atoms with E-state index in [0.717, 1.165) is 11.3 Å². The molecule has 0 fully saturated rings. The molecule has 0 amide bonds. The Morgan fingerprint density at radius 1 is 1.07 bits per heavy atom. The first-order valence-corrected chi connectivity index (χ1v) is 5.44. The molecule has 1 N–H and O–H groups in total. The summed E-state index contributed by atoms with van der Waals surface area (Å²) in [5, 5.41) is 9.61. The van der Waals surface area contributed by atoms with Crippen LogP contribution in [-0.4, -0.2) is 15.2 Å². The predicted molar refractivity (Wildman–Crippen MR) is 62.1 cm³/mol. The fourth-order valence-corrected chi connectivity index (χ4v) is 1.72. The number of aromatic amines is 1. The molecule has 0 aliphatic rings. The summed E-state index contributed by atoms with van der Waals surface area (Å²) in [6.07, 6.45) is 2.04. The molecule has 0 spiro atoms. The largest absolute Gasteiger partial charge is 0.344 e. The van der Waals surface area contributed by atoms with Crippen LogP contribution in [0.5, 0.6) is 0 Å². The number of nitrogens with zero attached hydrogens (tertiary/aromatic N) is 2. The van der Waals surface area contributed by atoms with Gasteiger partial charge in [-0.3, -0.25) is 0 Å². The van der Waals surface area contributed by atoms with Crippen molar-refractivity contribution in [3.8, 4) is 0 Å². The van der Waals surface area contributed by atoms with E-state index >= 15 is 0 Å². The molecule has 0 aliphatic heterocycles. The summed E-state index contributed by atoms with van der Waals surface area (Å²) in [6.45, 7) is 8.66. The van der Waals surface area contributed by atoms with Crippen molar-refractivity contribution >= 4 is 11.0 Å². The van der Waals surface area contributed by atoms with Gasteiger partial charge in [0.25, 0.3) is 0 Å². The second-order valence-corrected chi connectivity index (χ2v) is 4.58. The van der Waals surface area contributed by atoms with Gasteiger partial charge in [-0.2, -0.15) is 5.10 Å². The van der Waals surface area contributed by atoms with E-state index in [4.69, 9.17) is 0 Å². The maximum atomic E-state index is 4.20. The molecule has 2 aromatic heterocycles. The van der Waals surface area contributed by atoms with Gasteiger partial charge in [0, 0.05) is 11.6 Å². The van der Waals surface area contributed by atoms with Gasteiger partial charge in [0.1, 0.15) is 0 Å². The normalized spacial score (nSPS) is 11.9. The van der Waals surface area contributed by atoms with E-state index in [2.05, 4.69) is 48.9 Å². The fourth-order valence-electron chi connectivity index (χ4n) is 1.72. The monoisotopic (exact) mass is 203 g/mol. The summed E-state index contributed by atoms with van der Waals surface area (Å²) in [6, 6.07) is 2.15. The molecule has 2 heterocycles. The van der Waals surface area contributed by atoms with Crippen LogP contribution < -0.4 is 0 Å². The molecule has 80 valence electrons. The van der Waals surface area contributed by atoms with Crippen LogP contribution >= 0.6 is 0 Å². The lowest BCUT2D eigenvalue weighted by Gasteiger charge is -2.05. The smallest absolute Gasteiger partial charge is 0.160 e. The molecule has 0 atom stereocenters. The van der Waals surface area contributed by atoms with Crippen molar-refractivity contribution in [2.75, 3.05) is 0 Å². The van der Waals surface area contributed by atoms with Gasteiger partial charge in [-0.05, 0) is 23.5 Å². The number of nitrogens with one attached hydrogen (secondary N) is 1. The van der Waals surface area contributed by atoms with Crippen LogP contribution in [0.4, 0.5) is 0 Å². The third-order valence-corrected chi connectivity index (χ3v) is 2.70. The Morgan fingerprint density at radius 3 is 2.40 bits per heavy atom. The minimum absolute atomic E-state index is 0.428. The molecule has 0 saturated heterocycles. The molecule has 15 heavy (non-hydrogen) atoms. The highest BCUT2D eigenvalue weighted by molar-refractivity contribution is 5.80. The minimum Gasteiger partial charge on any atom is -0.344 e. The summed E-state index contributed by atoms with van der Waals surface area (Å²) >= 11 is 0. The molecule has 3 heteroatoms. The van der Waals surface area contributed by atoms with Crippen molar-refractivity contribution in [1.29, 1.82) is 0 Å². The lowest BCUT2D eigenvalue weighted by atomic mass is 10.0. The Hall–Kier alpha value is -1.38. The maximum Gasteiger partial charge on any atom is 0.160 e. The number of H-pyrrole nitrogens is 1. The number of fused-ring (bicyclic) bond motifs is 1. The van der Waals surface area contributed by atoms with Gasteiger partial charge < -0.3 is 4.98 Å². The number of hydrogen-bond donors (Lipinski definition) is 1. The first-order chi connectivity index (χ1) is 7.09. The second-order valence-electron chi connectivity index (χ2n) is 4.58. The molecule has 3 nitrogen and oxygen atoms in total. The first kappa shape index (κ1) is 10.1. The van der Waals surface area contributed by atoms with Crippen molar-refractivity contribution < 1.29 is 0 Å². The van der Waals surface area contributed by atoms with E-state index < -0.39 is 0 Å². The van der Waals surface area contributed by atoms with Crippen molar-refractivity contribution in [3.63, 3.8) is 0 Å². The standard InChI is InChI=1S/C12H17N3/c1-7(2)10-6-13-12-9(10)5-11(8(3)4)14-15-12/h5-8H,1-4H3,(H,13,15). The Labute approximate surface area is 89.9 Å². The third-order valence-electron chi connectivity index (χ3n) is 2.70. The van der Waals surface area contributed by atoms with Crippen molar-refractivity contribution in [1.82, 2.24) is 15.2 Å². The number of aromatic nitrogens is 3. The molecular weight excluding hydrogens is 186 g/mol. The lowest BCUT2D eigenvalue weighted by molar-refractivity contribution is 0.792. The van der Waals surface area contributed by atoms with E-state index in [-0.39, 0.29) is 0 Å². The van der Waals surface area contributed by atoms with E-state index in [9.17, 15) is 0 Å². The third kappa shape index (κ3) is 1.74. The molecule has 0 bridgehead atoms. The quantitative estimate of drug-likeness (QED) is 0.814. The molecule has 2 aromatic rings. The summed E-state index contributed by atoms with van der Waals surface area (Å²) in [5.74, 6) is 0.944. The fraction of sp³-hybridized carbons (Fsp3) is 0.500. The average molecular weight is 203 g/mol. The highest BCUT2D eigenvalue weighted by Crippen LogP contribution is 2.25. The minimum atomic E-state index is 0.428. The van der Waals surface area contributed by atoms with Gasteiger partial charge in [-0.15, -0.1) is 5.10 Å². The van der Waals surface area contributed by atoms with Crippen LogP contribution in [0.15, 0.2) is 12.3 Å². The van der Waals surface area contributed by atoms with Crippen LogP contribution in [0.1, 0.15) is 50.8 Å². The lowest BCUT2D eigenvalue weighted by Crippen LogP contribution is -1.95. The van der Waals surface area contributed by atoms with Gasteiger partial charge in [0.2, 0.25) is 0 Å². The summed E-state index contributed by atoms with van der Waals surface area (Å²) < 4.78 is 0. The van der Waals surface area contributed by atoms with Crippen molar-refractivity contribution in [2.45, 2.75) is 39.5 Å². The maximum absolute atomic E-state index is 4.20. The van der Waals surface area contributed by atoms with E-state index in [1.807, 2.05) is 6.20 Å². The molecule has 0 aromatic carbocycles. The van der Waals surface area contributed by atoms with Crippen LogP contribution in [-0.2, 0) is 0 Å². The first-order valence-electron chi connectivity index (χ1n) is 5.44. The van der Waals surface area contributed by atoms with Gasteiger partial charge in [0.05, 0.1) is 5.69 Å². The number of hydrogen-bond acceptors (Lipinski definition) is 2. The number of rotatable bonds is 2. The molecule has 0 unspecified atom stereocenters. The molecule has 2 rings (SSSR count). The average Bonchev–Trinajstić information content (AvgIpc) is 2.59. The predicted octanol–water partition coefficient (Wildman–Crippen LogP) is 3.20. The summed E-state index contributed by atoms with van der Waals surface area (Å²) in [5.41, 5.74) is 3.27. The molecular formula is C12H17N3. The van der Waals surface area contributed by atoms with E-state index in [0.29, 0.717) is 11.8 Å². The highest BCUT2D eigenvalue weighted by Gasteiger charge is 2.10. The van der Waals surface area contributed by atoms with Crippen LogP contribution in [0, 0.1) is 0 Å². The zero-order chi connectivity index (χ0) is 11.0. The Morgan fingerprint density at radius 2 is 1.80 bits per heavy atom. The van der Waals surface area contributed by atoms with Crippen LogP contribution in [0.3, 0.4) is 0 Å². The zero-order valence-electron chi connectivity index (χ0n) is 9.70. The van der Waals surface area contributed by atoms with Gasteiger partial charge in [-0.1, -0.05) is 27.7 Å². The molecule has 0 aliphatic carbocycles. The van der Waals surface area contributed by atoms with Crippen molar-refractivity contribution in [3.05, 3.63) is 23.5 Å². The Kier molecular flexibility index (Phi) is 2.47. The van der Waals surface area contributed by atoms with E-state index in [1.54, 1.807) is 0 Å². The Balaban J connectivity index is 2.61. The van der Waals surface area contributed by atoms with Gasteiger partial charge >= 0.3 is 0 Å². The second kappa shape index (κ2) is 3.65. The summed E-state index contributed by atoms with van der Waals surface area (Å²) in [7, 11) is 0. The van der Waals surface area contributed by atoms with Crippen LogP contribution in [0.25, 0.3) is 11.0 Å². The van der Waals surface area contributed by atoms with E-state index in [1.165, 1.54) is 10.9 Å². The summed E-state index contributed by atoms with van der Waals surface area (Å²) in [4.78, 5) is 3.16. The van der Waals surface area contributed by atoms with Crippen LogP contribution in [0.2, 0.25) is 0 Å². The zero-order valence-corrected chi connectivity index (χ0v) is 9.70. The SMILES string of the molecule is CC(C)c1cc2c(C(C)C)c[nH]c2nn1. The van der Waals surface area contributed by atoms with Crippen molar-refractivity contribution in [2.24, 2.45) is 0 Å². The Bertz CT molecular complexity index is 469.